The zero-order valence-electron chi connectivity index (χ0n) is 14.9. The third-order valence-corrected chi connectivity index (χ3v) is 5.11. The van der Waals surface area contributed by atoms with Crippen molar-refractivity contribution in [2.24, 2.45) is 0 Å². The van der Waals surface area contributed by atoms with Gasteiger partial charge in [-0.1, -0.05) is 6.07 Å². The fourth-order valence-corrected chi connectivity index (χ4v) is 3.99. The monoisotopic (exact) mass is 482 g/mol. The minimum Gasteiger partial charge on any atom is -0.465 e. The van der Waals surface area contributed by atoms with E-state index >= 15 is 0 Å². The third kappa shape index (κ3) is 4.86. The van der Waals surface area contributed by atoms with Gasteiger partial charge in [-0.2, -0.15) is 0 Å². The Bertz CT molecular complexity index is 830. The predicted octanol–water partition coefficient (Wildman–Crippen LogP) is 5.05. The normalized spacial score (nSPS) is 11.6. The Morgan fingerprint density at radius 2 is 1.69 bits per heavy atom. The van der Waals surface area contributed by atoms with E-state index in [0.717, 1.165) is 20.1 Å². The number of hydrogen-bond donors (Lipinski definition) is 2. The SMILES string of the molecule is COC(=O)c1ccc(C)c(N[C@H](C)C(=O)Nc2c(Br)cc(C)cc2Br)c1. The molecule has 1 amide bonds. The van der Waals surface area contributed by atoms with Crippen LogP contribution in [-0.2, 0) is 9.53 Å². The summed E-state index contributed by atoms with van der Waals surface area (Å²) in [6.07, 6.45) is 0. The van der Waals surface area contributed by atoms with E-state index in [1.807, 2.05) is 32.0 Å². The Labute approximate surface area is 169 Å². The highest BCUT2D eigenvalue weighted by atomic mass is 79.9. The van der Waals surface area contributed by atoms with E-state index in [4.69, 9.17) is 4.74 Å². The van der Waals surface area contributed by atoms with Gasteiger partial charge < -0.3 is 15.4 Å². The number of hydrogen-bond acceptors (Lipinski definition) is 4. The predicted molar refractivity (Wildman–Crippen MR) is 111 cm³/mol. The minimum absolute atomic E-state index is 0.196. The third-order valence-electron chi connectivity index (χ3n) is 3.86. The minimum atomic E-state index is -0.512. The molecule has 0 saturated carbocycles. The number of carbonyl (C=O) groups excluding carboxylic acids is 2. The number of halogens is 2. The second-order valence-corrected chi connectivity index (χ2v) is 7.69. The Morgan fingerprint density at radius 3 is 2.27 bits per heavy atom. The van der Waals surface area contributed by atoms with Crippen molar-refractivity contribution in [2.75, 3.05) is 17.7 Å². The van der Waals surface area contributed by atoms with Crippen molar-refractivity contribution >= 4 is 55.1 Å². The van der Waals surface area contributed by atoms with Crippen LogP contribution in [0.3, 0.4) is 0 Å². The molecular formula is C19H20Br2N2O3. The van der Waals surface area contributed by atoms with E-state index < -0.39 is 12.0 Å². The molecule has 0 spiro atoms. The molecule has 138 valence electrons. The van der Waals surface area contributed by atoms with E-state index in [1.54, 1.807) is 19.1 Å². The molecule has 2 aromatic carbocycles. The first-order valence-corrected chi connectivity index (χ1v) is 9.53. The number of methoxy groups -OCH3 is 1. The Kier molecular flexibility index (Phi) is 6.83. The van der Waals surface area contributed by atoms with Crippen molar-refractivity contribution in [2.45, 2.75) is 26.8 Å². The van der Waals surface area contributed by atoms with Crippen molar-refractivity contribution in [3.05, 3.63) is 56.0 Å². The maximum atomic E-state index is 12.6. The molecule has 26 heavy (non-hydrogen) atoms. The summed E-state index contributed by atoms with van der Waals surface area (Å²) in [4.78, 5) is 24.3. The quantitative estimate of drug-likeness (QED) is 0.583. The molecule has 0 aliphatic heterocycles. The van der Waals surface area contributed by atoms with Gasteiger partial charge in [-0.3, -0.25) is 4.79 Å². The Balaban J connectivity index is 2.16. The van der Waals surface area contributed by atoms with Gasteiger partial charge in [0.25, 0.3) is 0 Å². The number of esters is 1. The van der Waals surface area contributed by atoms with Crippen LogP contribution in [0.5, 0.6) is 0 Å². The molecule has 5 nitrogen and oxygen atoms in total. The van der Waals surface area contributed by atoms with Crippen LogP contribution < -0.4 is 10.6 Å². The van der Waals surface area contributed by atoms with E-state index in [9.17, 15) is 9.59 Å². The van der Waals surface area contributed by atoms with Gasteiger partial charge in [0.1, 0.15) is 6.04 Å². The van der Waals surface area contributed by atoms with Gasteiger partial charge >= 0.3 is 5.97 Å². The first-order chi connectivity index (χ1) is 12.2. The molecular weight excluding hydrogens is 464 g/mol. The maximum Gasteiger partial charge on any atom is 0.337 e. The van der Waals surface area contributed by atoms with Crippen molar-refractivity contribution in [1.29, 1.82) is 0 Å². The largest absolute Gasteiger partial charge is 0.465 e. The molecule has 0 radical (unpaired) electrons. The number of anilines is 2. The van der Waals surface area contributed by atoms with Crippen LogP contribution in [-0.4, -0.2) is 25.0 Å². The molecule has 0 aliphatic rings. The molecule has 1 atom stereocenters. The van der Waals surface area contributed by atoms with Gasteiger partial charge in [0.15, 0.2) is 0 Å². The average Bonchev–Trinajstić information content (AvgIpc) is 2.58. The van der Waals surface area contributed by atoms with Gasteiger partial charge in [0.2, 0.25) is 5.91 Å². The molecule has 7 heteroatoms. The summed E-state index contributed by atoms with van der Waals surface area (Å²) in [6.45, 7) is 5.64. The zero-order valence-corrected chi connectivity index (χ0v) is 18.1. The number of aryl methyl sites for hydroxylation is 2. The molecule has 0 aliphatic carbocycles. The molecule has 0 aromatic heterocycles. The number of ether oxygens (including phenoxy) is 1. The molecule has 0 bridgehead atoms. The van der Waals surface area contributed by atoms with Crippen molar-refractivity contribution in [1.82, 2.24) is 0 Å². The average molecular weight is 484 g/mol. The van der Waals surface area contributed by atoms with Crippen LogP contribution >= 0.6 is 31.9 Å². The molecule has 0 unspecified atom stereocenters. The molecule has 0 heterocycles. The fourth-order valence-electron chi connectivity index (χ4n) is 2.37. The zero-order chi connectivity index (χ0) is 19.4. The first-order valence-electron chi connectivity index (χ1n) is 7.95. The number of amides is 1. The molecule has 2 N–H and O–H groups in total. The van der Waals surface area contributed by atoms with Gasteiger partial charge in [0.05, 0.1) is 18.4 Å². The van der Waals surface area contributed by atoms with Gasteiger partial charge in [0, 0.05) is 14.6 Å². The Hall–Kier alpha value is -1.86. The fraction of sp³-hybridized carbons (Fsp3) is 0.263. The highest BCUT2D eigenvalue weighted by Gasteiger charge is 2.18. The summed E-state index contributed by atoms with van der Waals surface area (Å²) >= 11 is 6.94. The van der Waals surface area contributed by atoms with Crippen molar-refractivity contribution in [3.8, 4) is 0 Å². The van der Waals surface area contributed by atoms with Crippen molar-refractivity contribution < 1.29 is 14.3 Å². The van der Waals surface area contributed by atoms with Gasteiger partial charge in [-0.15, -0.1) is 0 Å². The van der Waals surface area contributed by atoms with E-state index in [-0.39, 0.29) is 5.91 Å². The number of nitrogens with one attached hydrogen (secondary N) is 2. The number of carbonyl (C=O) groups is 2. The summed E-state index contributed by atoms with van der Waals surface area (Å²) in [7, 11) is 1.34. The lowest BCUT2D eigenvalue weighted by atomic mass is 10.1. The summed E-state index contributed by atoms with van der Waals surface area (Å²) in [5, 5.41) is 6.06. The number of benzene rings is 2. The summed E-state index contributed by atoms with van der Waals surface area (Å²) in [5.41, 5.74) is 3.81. The van der Waals surface area contributed by atoms with Crippen LogP contribution in [0.4, 0.5) is 11.4 Å². The lowest BCUT2D eigenvalue weighted by molar-refractivity contribution is -0.116. The van der Waals surface area contributed by atoms with E-state index in [1.165, 1.54) is 7.11 Å². The summed E-state index contributed by atoms with van der Waals surface area (Å²) in [5.74, 6) is -0.615. The van der Waals surface area contributed by atoms with Gasteiger partial charge in [-0.25, -0.2) is 4.79 Å². The van der Waals surface area contributed by atoms with Crippen LogP contribution in [0.25, 0.3) is 0 Å². The van der Waals surface area contributed by atoms with Gasteiger partial charge in [-0.05, 0) is 88.0 Å². The van der Waals surface area contributed by atoms with E-state index in [0.29, 0.717) is 16.9 Å². The van der Waals surface area contributed by atoms with E-state index in [2.05, 4.69) is 42.5 Å². The molecule has 0 saturated heterocycles. The summed E-state index contributed by atoms with van der Waals surface area (Å²) < 4.78 is 6.34. The Morgan fingerprint density at radius 1 is 1.08 bits per heavy atom. The standard InChI is InChI=1S/C19H20Br2N2O3/c1-10-7-14(20)17(15(21)8-10)23-18(24)12(3)22-16-9-13(19(25)26-4)6-5-11(16)2/h5-9,12,22H,1-4H3,(H,23,24)/t12-/m1/s1. The molecule has 0 fully saturated rings. The summed E-state index contributed by atoms with van der Waals surface area (Å²) in [6, 6.07) is 8.54. The van der Waals surface area contributed by atoms with Crippen LogP contribution in [0.15, 0.2) is 39.3 Å². The highest BCUT2D eigenvalue weighted by molar-refractivity contribution is 9.11. The van der Waals surface area contributed by atoms with Crippen LogP contribution in [0.1, 0.15) is 28.4 Å². The second-order valence-electron chi connectivity index (χ2n) is 5.98. The smallest absolute Gasteiger partial charge is 0.337 e. The topological polar surface area (TPSA) is 67.4 Å². The van der Waals surface area contributed by atoms with Crippen LogP contribution in [0.2, 0.25) is 0 Å². The second kappa shape index (κ2) is 8.68. The molecule has 2 rings (SSSR count). The number of rotatable bonds is 5. The molecule has 2 aromatic rings. The highest BCUT2D eigenvalue weighted by Crippen LogP contribution is 2.32. The van der Waals surface area contributed by atoms with Crippen molar-refractivity contribution in [3.63, 3.8) is 0 Å². The maximum absolute atomic E-state index is 12.6. The lowest BCUT2D eigenvalue weighted by Gasteiger charge is -2.19. The lowest BCUT2D eigenvalue weighted by Crippen LogP contribution is -2.32. The first kappa shape index (κ1) is 20.5. The van der Waals surface area contributed by atoms with Crippen LogP contribution in [0, 0.1) is 13.8 Å².